The zero-order valence-electron chi connectivity index (χ0n) is 5.67. The third kappa shape index (κ3) is 5.49. The van der Waals surface area contributed by atoms with E-state index in [0.29, 0.717) is 19.4 Å². The van der Waals surface area contributed by atoms with Crippen molar-refractivity contribution in [2.75, 3.05) is 6.61 Å². The number of nitrogens with two attached hydrogens (primary N) is 1. The fraction of sp³-hybridized carbons (Fsp3) is 0.800. The Bertz CT molecular complexity index is 96.9. The Balaban J connectivity index is 2.96. The van der Waals surface area contributed by atoms with Crippen LogP contribution in [0.2, 0.25) is 0 Å². The standard InChI is InChI=1S/C5H12N2O3/c6-10-4-2-1-3-5(8)7-9/h9H,1-4,6H2,(H,7,8). The van der Waals surface area contributed by atoms with E-state index in [1.807, 2.05) is 0 Å². The molecule has 1 amide bonds. The third-order valence-electron chi connectivity index (χ3n) is 1.04. The molecule has 0 aliphatic carbocycles. The molecule has 10 heavy (non-hydrogen) atoms. The van der Waals surface area contributed by atoms with E-state index in [0.717, 1.165) is 6.42 Å². The summed E-state index contributed by atoms with van der Waals surface area (Å²) in [5.41, 5.74) is 1.53. The topological polar surface area (TPSA) is 84.6 Å². The lowest BCUT2D eigenvalue weighted by Crippen LogP contribution is -2.18. The zero-order chi connectivity index (χ0) is 7.82. The van der Waals surface area contributed by atoms with Gasteiger partial charge in [0.15, 0.2) is 0 Å². The van der Waals surface area contributed by atoms with E-state index in [2.05, 4.69) is 4.84 Å². The highest BCUT2D eigenvalue weighted by Gasteiger charge is 1.96. The number of rotatable bonds is 5. The first kappa shape index (κ1) is 9.35. The molecule has 5 heteroatoms. The van der Waals surface area contributed by atoms with E-state index in [9.17, 15) is 4.79 Å². The second-order valence-electron chi connectivity index (χ2n) is 1.86. The summed E-state index contributed by atoms with van der Waals surface area (Å²) in [5.74, 6) is 4.35. The van der Waals surface area contributed by atoms with E-state index in [1.165, 1.54) is 5.48 Å². The first-order valence-corrected chi connectivity index (χ1v) is 3.06. The summed E-state index contributed by atoms with van der Waals surface area (Å²) < 4.78 is 0. The normalized spacial score (nSPS) is 9.40. The summed E-state index contributed by atoms with van der Waals surface area (Å²) in [7, 11) is 0. The predicted octanol–water partition coefficient (Wildman–Crippen LogP) is -0.448. The molecule has 0 atom stereocenters. The lowest BCUT2D eigenvalue weighted by molar-refractivity contribution is -0.129. The Labute approximate surface area is 59.1 Å². The Morgan fingerprint density at radius 1 is 1.60 bits per heavy atom. The van der Waals surface area contributed by atoms with Crippen LogP contribution in [0.3, 0.4) is 0 Å². The van der Waals surface area contributed by atoms with Gasteiger partial charge in [-0.05, 0) is 12.8 Å². The summed E-state index contributed by atoms with van der Waals surface area (Å²) in [5, 5.41) is 8.04. The molecule has 0 heterocycles. The Hall–Kier alpha value is -0.650. The van der Waals surface area contributed by atoms with Crippen LogP contribution < -0.4 is 11.4 Å². The second-order valence-corrected chi connectivity index (χ2v) is 1.86. The maximum Gasteiger partial charge on any atom is 0.243 e. The fourth-order valence-electron chi connectivity index (χ4n) is 0.527. The molecule has 0 rings (SSSR count). The highest BCUT2D eigenvalue weighted by molar-refractivity contribution is 5.74. The van der Waals surface area contributed by atoms with Crippen molar-refractivity contribution in [1.82, 2.24) is 5.48 Å². The molecular weight excluding hydrogens is 136 g/mol. The smallest absolute Gasteiger partial charge is 0.243 e. The average Bonchev–Trinajstić information content (AvgIpc) is 1.98. The van der Waals surface area contributed by atoms with Crippen molar-refractivity contribution in [3.05, 3.63) is 0 Å². The maximum atomic E-state index is 10.3. The van der Waals surface area contributed by atoms with Gasteiger partial charge in [0.25, 0.3) is 0 Å². The summed E-state index contributed by atoms with van der Waals surface area (Å²) in [6.07, 6.45) is 1.70. The molecule has 0 aliphatic rings. The van der Waals surface area contributed by atoms with E-state index in [-0.39, 0.29) is 5.91 Å². The van der Waals surface area contributed by atoms with Gasteiger partial charge in [0, 0.05) is 6.42 Å². The number of hydroxylamine groups is 1. The van der Waals surface area contributed by atoms with Gasteiger partial charge in [-0.15, -0.1) is 0 Å². The van der Waals surface area contributed by atoms with Gasteiger partial charge in [0.1, 0.15) is 0 Å². The molecule has 60 valence electrons. The summed E-state index contributed by atoms with van der Waals surface area (Å²) in [6, 6.07) is 0. The minimum absolute atomic E-state index is 0.305. The van der Waals surface area contributed by atoms with E-state index < -0.39 is 0 Å². The Morgan fingerprint density at radius 2 is 2.30 bits per heavy atom. The number of hydrogen-bond acceptors (Lipinski definition) is 4. The lowest BCUT2D eigenvalue weighted by Gasteiger charge is -1.97. The van der Waals surface area contributed by atoms with E-state index in [4.69, 9.17) is 11.1 Å². The van der Waals surface area contributed by atoms with Crippen LogP contribution in [-0.2, 0) is 9.63 Å². The van der Waals surface area contributed by atoms with Gasteiger partial charge in [-0.25, -0.2) is 11.4 Å². The van der Waals surface area contributed by atoms with Crippen LogP contribution in [-0.4, -0.2) is 17.7 Å². The molecule has 0 aromatic carbocycles. The third-order valence-corrected chi connectivity index (χ3v) is 1.04. The highest BCUT2D eigenvalue weighted by atomic mass is 16.6. The predicted molar refractivity (Wildman–Crippen MR) is 33.9 cm³/mol. The minimum Gasteiger partial charge on any atom is -0.305 e. The van der Waals surface area contributed by atoms with Gasteiger partial charge < -0.3 is 4.84 Å². The molecule has 0 bridgehead atoms. The molecule has 0 aliphatic heterocycles. The van der Waals surface area contributed by atoms with Crippen molar-refractivity contribution in [2.24, 2.45) is 5.90 Å². The quantitative estimate of drug-likeness (QED) is 0.280. The van der Waals surface area contributed by atoms with Crippen LogP contribution >= 0.6 is 0 Å². The van der Waals surface area contributed by atoms with Crippen molar-refractivity contribution < 1.29 is 14.8 Å². The zero-order valence-corrected chi connectivity index (χ0v) is 5.67. The number of carbonyl (C=O) groups excluding carboxylic acids is 1. The van der Waals surface area contributed by atoms with Gasteiger partial charge in [-0.2, -0.15) is 0 Å². The van der Waals surface area contributed by atoms with Crippen molar-refractivity contribution in [1.29, 1.82) is 0 Å². The second kappa shape index (κ2) is 6.47. The van der Waals surface area contributed by atoms with Crippen LogP contribution in [0, 0.1) is 0 Å². The molecular formula is C5H12N2O3. The molecule has 0 radical (unpaired) electrons. The molecule has 4 N–H and O–H groups in total. The SMILES string of the molecule is NOCCCCC(=O)NO. The van der Waals surface area contributed by atoms with Gasteiger partial charge in [-0.1, -0.05) is 0 Å². The number of nitrogens with one attached hydrogen (secondary N) is 1. The number of amides is 1. The molecule has 0 saturated heterocycles. The number of unbranched alkanes of at least 4 members (excludes halogenated alkanes) is 1. The van der Waals surface area contributed by atoms with Gasteiger partial charge in [0.2, 0.25) is 5.91 Å². The van der Waals surface area contributed by atoms with Crippen molar-refractivity contribution in [3.8, 4) is 0 Å². The van der Waals surface area contributed by atoms with Crippen molar-refractivity contribution in [2.45, 2.75) is 19.3 Å². The Kier molecular flexibility index (Phi) is 6.05. The molecule has 5 nitrogen and oxygen atoms in total. The lowest BCUT2D eigenvalue weighted by atomic mass is 10.2. The van der Waals surface area contributed by atoms with Gasteiger partial charge in [-0.3, -0.25) is 10.0 Å². The first-order chi connectivity index (χ1) is 4.81. The largest absolute Gasteiger partial charge is 0.305 e. The van der Waals surface area contributed by atoms with Crippen LogP contribution in [0.5, 0.6) is 0 Å². The Morgan fingerprint density at radius 3 is 2.80 bits per heavy atom. The van der Waals surface area contributed by atoms with Crippen molar-refractivity contribution in [3.63, 3.8) is 0 Å². The molecule has 0 unspecified atom stereocenters. The summed E-state index contributed by atoms with van der Waals surface area (Å²) in [4.78, 5) is 14.6. The summed E-state index contributed by atoms with van der Waals surface area (Å²) >= 11 is 0. The molecule has 0 saturated carbocycles. The fourth-order valence-corrected chi connectivity index (χ4v) is 0.527. The first-order valence-electron chi connectivity index (χ1n) is 3.06. The van der Waals surface area contributed by atoms with E-state index >= 15 is 0 Å². The number of carbonyl (C=O) groups is 1. The minimum atomic E-state index is -0.378. The molecule has 0 aromatic rings. The monoisotopic (exact) mass is 148 g/mol. The van der Waals surface area contributed by atoms with Crippen LogP contribution in [0.15, 0.2) is 0 Å². The maximum absolute atomic E-state index is 10.3. The van der Waals surface area contributed by atoms with Crippen LogP contribution in [0.4, 0.5) is 0 Å². The van der Waals surface area contributed by atoms with E-state index in [1.54, 1.807) is 0 Å². The molecule has 0 aromatic heterocycles. The summed E-state index contributed by atoms with van der Waals surface area (Å²) in [6.45, 7) is 0.443. The molecule has 0 fully saturated rings. The average molecular weight is 148 g/mol. The molecule has 0 spiro atoms. The van der Waals surface area contributed by atoms with Gasteiger partial charge >= 0.3 is 0 Å². The van der Waals surface area contributed by atoms with Crippen LogP contribution in [0.1, 0.15) is 19.3 Å². The van der Waals surface area contributed by atoms with Crippen LogP contribution in [0.25, 0.3) is 0 Å². The van der Waals surface area contributed by atoms with Crippen molar-refractivity contribution >= 4 is 5.91 Å². The van der Waals surface area contributed by atoms with Gasteiger partial charge in [0.05, 0.1) is 6.61 Å². The number of hydrogen-bond donors (Lipinski definition) is 3. The highest BCUT2D eigenvalue weighted by Crippen LogP contribution is 1.93.